The predicted molar refractivity (Wildman–Crippen MR) is 82.4 cm³/mol. The van der Waals surface area contributed by atoms with E-state index < -0.39 is 10.0 Å². The van der Waals surface area contributed by atoms with E-state index >= 15 is 0 Å². The summed E-state index contributed by atoms with van der Waals surface area (Å²) in [5.74, 6) is 0.0197. The molecular weight excluding hydrogens is 310 g/mol. The Kier molecular flexibility index (Phi) is 5.74. The highest BCUT2D eigenvalue weighted by Gasteiger charge is 2.19. The Balaban J connectivity index is 1.82. The summed E-state index contributed by atoms with van der Waals surface area (Å²) < 4.78 is 26.8. The first kappa shape index (κ1) is 16.4. The van der Waals surface area contributed by atoms with Crippen LogP contribution in [0.4, 0.5) is 0 Å². The average molecular weight is 331 g/mol. The van der Waals surface area contributed by atoms with Gasteiger partial charge in [0.25, 0.3) is 0 Å². The number of carbonyl (C=O) groups is 1. The van der Waals surface area contributed by atoms with Gasteiger partial charge in [0.2, 0.25) is 15.9 Å². The Morgan fingerprint density at radius 1 is 1.29 bits per heavy atom. The molecule has 0 bridgehead atoms. The Hall–Kier alpha value is -0.960. The number of piperidine rings is 1. The molecule has 0 spiro atoms. The number of nitrogens with zero attached hydrogens (tertiary/aromatic N) is 1. The number of hydrogen-bond acceptors (Lipinski definition) is 5. The van der Waals surface area contributed by atoms with E-state index in [1.807, 2.05) is 4.90 Å². The van der Waals surface area contributed by atoms with E-state index in [2.05, 4.69) is 4.72 Å². The average Bonchev–Trinajstić information content (AvgIpc) is 2.98. The topological polar surface area (TPSA) is 92.5 Å². The van der Waals surface area contributed by atoms with Gasteiger partial charge in [-0.1, -0.05) is 0 Å². The highest BCUT2D eigenvalue weighted by molar-refractivity contribution is 7.91. The lowest BCUT2D eigenvalue weighted by Gasteiger charge is -2.26. The van der Waals surface area contributed by atoms with Crippen molar-refractivity contribution in [1.29, 1.82) is 0 Å². The van der Waals surface area contributed by atoms with Crippen LogP contribution < -0.4 is 10.5 Å². The summed E-state index contributed by atoms with van der Waals surface area (Å²) in [6.07, 6.45) is 3.44. The molecule has 0 aromatic carbocycles. The Morgan fingerprint density at radius 3 is 2.62 bits per heavy atom. The van der Waals surface area contributed by atoms with E-state index in [0.29, 0.717) is 6.54 Å². The maximum Gasteiger partial charge on any atom is 0.250 e. The second-order valence-electron chi connectivity index (χ2n) is 5.01. The number of nitrogens with two attached hydrogens (primary N) is 1. The number of likely N-dealkylation sites (tertiary alicyclic amines) is 1. The zero-order chi connectivity index (χ0) is 15.3. The molecule has 21 heavy (non-hydrogen) atoms. The molecule has 1 aromatic heterocycles. The van der Waals surface area contributed by atoms with Gasteiger partial charge in [0.1, 0.15) is 4.21 Å². The lowest BCUT2D eigenvalue weighted by Crippen LogP contribution is -2.37. The number of nitrogens with one attached hydrogen (secondary N) is 1. The molecule has 1 amide bonds. The van der Waals surface area contributed by atoms with Crippen LogP contribution in [0.25, 0.3) is 0 Å². The molecule has 1 aliphatic heterocycles. The highest BCUT2D eigenvalue weighted by Crippen LogP contribution is 2.20. The molecule has 1 fully saturated rings. The summed E-state index contributed by atoms with van der Waals surface area (Å²) >= 11 is 1.16. The lowest BCUT2D eigenvalue weighted by molar-refractivity contribution is -0.131. The smallest absolute Gasteiger partial charge is 0.250 e. The van der Waals surface area contributed by atoms with Crippen LogP contribution in [0.1, 0.15) is 30.6 Å². The predicted octanol–water partition coefficient (Wildman–Crippen LogP) is 0.888. The van der Waals surface area contributed by atoms with Crippen LogP contribution in [0.5, 0.6) is 0 Å². The van der Waals surface area contributed by atoms with Gasteiger partial charge in [-0.05, 0) is 31.4 Å². The monoisotopic (exact) mass is 331 g/mol. The minimum absolute atomic E-state index is 0.0197. The molecule has 0 unspecified atom stereocenters. The Bertz CT molecular complexity index is 577. The second kappa shape index (κ2) is 7.35. The third-order valence-electron chi connectivity index (χ3n) is 3.44. The molecule has 1 aliphatic rings. The van der Waals surface area contributed by atoms with Gasteiger partial charge in [0, 0.05) is 37.5 Å². The summed E-state index contributed by atoms with van der Waals surface area (Å²) in [4.78, 5) is 14.6. The van der Waals surface area contributed by atoms with E-state index in [4.69, 9.17) is 5.73 Å². The van der Waals surface area contributed by atoms with Crippen molar-refractivity contribution in [3.8, 4) is 0 Å². The first-order valence-corrected chi connectivity index (χ1v) is 9.39. The van der Waals surface area contributed by atoms with Gasteiger partial charge in [-0.3, -0.25) is 4.79 Å². The minimum atomic E-state index is -3.53. The summed E-state index contributed by atoms with van der Waals surface area (Å²) in [6, 6.07) is 3.25. The number of sulfonamides is 1. The third-order valence-corrected chi connectivity index (χ3v) is 6.50. The highest BCUT2D eigenvalue weighted by atomic mass is 32.2. The van der Waals surface area contributed by atoms with Gasteiger partial charge >= 0.3 is 0 Å². The zero-order valence-electron chi connectivity index (χ0n) is 11.9. The normalized spacial score (nSPS) is 16.1. The lowest BCUT2D eigenvalue weighted by atomic mass is 10.1. The number of rotatable bonds is 6. The number of hydrogen-bond donors (Lipinski definition) is 2. The van der Waals surface area contributed by atoms with Crippen LogP contribution in [0, 0.1) is 0 Å². The van der Waals surface area contributed by atoms with Gasteiger partial charge in [0.05, 0.1) is 0 Å². The first-order valence-electron chi connectivity index (χ1n) is 7.09. The van der Waals surface area contributed by atoms with Crippen molar-refractivity contribution in [3.05, 3.63) is 17.0 Å². The van der Waals surface area contributed by atoms with Crippen LogP contribution in [0.15, 0.2) is 16.3 Å². The quantitative estimate of drug-likeness (QED) is 0.809. The van der Waals surface area contributed by atoms with Gasteiger partial charge in [-0.15, -0.1) is 11.3 Å². The molecule has 2 heterocycles. The van der Waals surface area contributed by atoms with Crippen molar-refractivity contribution < 1.29 is 13.2 Å². The molecule has 3 N–H and O–H groups in total. The first-order chi connectivity index (χ1) is 10.0. The molecule has 6 nitrogen and oxygen atoms in total. The van der Waals surface area contributed by atoms with Gasteiger partial charge < -0.3 is 10.6 Å². The maximum atomic E-state index is 12.1. The van der Waals surface area contributed by atoms with E-state index in [9.17, 15) is 13.2 Å². The Labute approximate surface area is 129 Å². The van der Waals surface area contributed by atoms with Crippen LogP contribution in [0.3, 0.4) is 0 Å². The third kappa shape index (κ3) is 4.50. The van der Waals surface area contributed by atoms with Crippen LogP contribution in [-0.2, 0) is 21.4 Å². The zero-order valence-corrected chi connectivity index (χ0v) is 13.5. The van der Waals surface area contributed by atoms with Crippen molar-refractivity contribution in [1.82, 2.24) is 9.62 Å². The largest absolute Gasteiger partial charge is 0.343 e. The number of thiophene rings is 1. The number of amides is 1. The number of carbonyl (C=O) groups excluding carboxylic acids is 1. The molecule has 1 saturated heterocycles. The van der Waals surface area contributed by atoms with Crippen molar-refractivity contribution in [2.24, 2.45) is 5.73 Å². The fraction of sp³-hybridized carbons (Fsp3) is 0.615. The van der Waals surface area contributed by atoms with Gasteiger partial charge in [-0.25, -0.2) is 13.1 Å². The summed E-state index contributed by atoms with van der Waals surface area (Å²) in [5.41, 5.74) is 5.47. The van der Waals surface area contributed by atoms with Gasteiger partial charge in [0.15, 0.2) is 0 Å². The SMILES string of the molecule is NCc1ccc(S(=O)(=O)NCCC(=O)N2CCCCC2)s1. The molecule has 0 radical (unpaired) electrons. The molecule has 0 saturated carbocycles. The summed E-state index contributed by atoms with van der Waals surface area (Å²) in [6.45, 7) is 2.04. The van der Waals surface area contributed by atoms with E-state index in [1.54, 1.807) is 12.1 Å². The molecule has 0 aliphatic carbocycles. The van der Waals surface area contributed by atoms with Crippen molar-refractivity contribution in [3.63, 3.8) is 0 Å². The Morgan fingerprint density at radius 2 is 2.00 bits per heavy atom. The van der Waals surface area contributed by atoms with E-state index in [1.165, 1.54) is 0 Å². The van der Waals surface area contributed by atoms with Crippen molar-refractivity contribution >= 4 is 27.3 Å². The molecule has 118 valence electrons. The molecule has 2 rings (SSSR count). The van der Waals surface area contributed by atoms with Gasteiger partial charge in [-0.2, -0.15) is 0 Å². The summed E-state index contributed by atoms with van der Waals surface area (Å²) in [5, 5.41) is 0. The fourth-order valence-electron chi connectivity index (χ4n) is 2.28. The van der Waals surface area contributed by atoms with Crippen LogP contribution in [-0.4, -0.2) is 38.9 Å². The van der Waals surface area contributed by atoms with E-state index in [0.717, 1.165) is 48.6 Å². The van der Waals surface area contributed by atoms with Crippen molar-refractivity contribution in [2.75, 3.05) is 19.6 Å². The maximum absolute atomic E-state index is 12.1. The molecule has 1 aromatic rings. The molecular formula is C13H21N3O3S2. The minimum Gasteiger partial charge on any atom is -0.343 e. The second-order valence-corrected chi connectivity index (χ2v) is 8.18. The van der Waals surface area contributed by atoms with Crippen LogP contribution in [0.2, 0.25) is 0 Å². The standard InChI is InChI=1S/C13H21N3O3S2/c14-10-11-4-5-13(20-11)21(18,19)15-7-6-12(17)16-8-2-1-3-9-16/h4-5,15H,1-3,6-10,14H2. The fourth-order valence-corrected chi connectivity index (χ4v) is 4.59. The van der Waals surface area contributed by atoms with Crippen LogP contribution >= 0.6 is 11.3 Å². The molecule has 0 atom stereocenters. The summed E-state index contributed by atoms with van der Waals surface area (Å²) in [7, 11) is -3.53. The van der Waals surface area contributed by atoms with Crippen molar-refractivity contribution in [2.45, 2.75) is 36.4 Å². The molecule has 8 heteroatoms. The van der Waals surface area contributed by atoms with E-state index in [-0.39, 0.29) is 23.1 Å².